The van der Waals surface area contributed by atoms with Gasteiger partial charge in [-0.15, -0.1) is 0 Å². The molecule has 0 aliphatic carbocycles. The normalized spacial score (nSPS) is 13.5. The van der Waals surface area contributed by atoms with E-state index in [1.807, 2.05) is 24.3 Å². The SMILES string of the molecule is CCN(c1ccc(-c2cnn(C)c2)cc1)c1n[nH]c2c1CN(C(C)=O)CC2. The maximum atomic E-state index is 11.8. The molecule has 0 bridgehead atoms. The summed E-state index contributed by atoms with van der Waals surface area (Å²) in [6.07, 6.45) is 4.69. The van der Waals surface area contributed by atoms with Gasteiger partial charge in [0.2, 0.25) is 5.91 Å². The highest BCUT2D eigenvalue weighted by molar-refractivity contribution is 5.75. The lowest BCUT2D eigenvalue weighted by Gasteiger charge is -2.28. The van der Waals surface area contributed by atoms with Crippen LogP contribution in [0.2, 0.25) is 0 Å². The van der Waals surface area contributed by atoms with Crippen LogP contribution in [0.25, 0.3) is 11.1 Å². The van der Waals surface area contributed by atoms with E-state index in [9.17, 15) is 4.79 Å². The van der Waals surface area contributed by atoms with Crippen LogP contribution < -0.4 is 4.90 Å². The largest absolute Gasteiger partial charge is 0.338 e. The lowest BCUT2D eigenvalue weighted by atomic mass is 10.1. The number of nitrogens with one attached hydrogen (secondary N) is 1. The van der Waals surface area contributed by atoms with Gasteiger partial charge in [0.25, 0.3) is 0 Å². The van der Waals surface area contributed by atoms with Crippen LogP contribution in [0, 0.1) is 0 Å². The van der Waals surface area contributed by atoms with Crippen molar-refractivity contribution in [3.63, 3.8) is 0 Å². The number of hydrogen-bond acceptors (Lipinski definition) is 4. The minimum absolute atomic E-state index is 0.108. The highest BCUT2D eigenvalue weighted by Gasteiger charge is 2.26. The number of amides is 1. The van der Waals surface area contributed by atoms with E-state index < -0.39 is 0 Å². The Morgan fingerprint density at radius 3 is 2.67 bits per heavy atom. The lowest BCUT2D eigenvalue weighted by Crippen LogP contribution is -2.34. The molecule has 3 aromatic rings. The van der Waals surface area contributed by atoms with Gasteiger partial charge in [0.05, 0.1) is 12.7 Å². The zero-order valence-electron chi connectivity index (χ0n) is 15.9. The van der Waals surface area contributed by atoms with Crippen LogP contribution in [-0.2, 0) is 24.8 Å². The molecular formula is C20H24N6O. The standard InChI is InChI=1S/C20H24N6O/c1-4-26(17-7-5-15(6-8-17)16-11-21-24(3)12-16)20-18-13-25(14(2)27)10-9-19(18)22-23-20/h5-8,11-12H,4,9-10,13H2,1-3H3,(H,22,23). The van der Waals surface area contributed by atoms with Crippen LogP contribution in [0.5, 0.6) is 0 Å². The van der Waals surface area contributed by atoms with Crippen LogP contribution in [0.3, 0.4) is 0 Å². The zero-order valence-corrected chi connectivity index (χ0v) is 15.9. The Morgan fingerprint density at radius 2 is 2.04 bits per heavy atom. The van der Waals surface area contributed by atoms with Crippen molar-refractivity contribution in [2.75, 3.05) is 18.0 Å². The third-order valence-corrected chi connectivity index (χ3v) is 5.15. The molecule has 0 spiro atoms. The number of H-pyrrole nitrogens is 1. The number of carbonyl (C=O) groups is 1. The van der Waals surface area contributed by atoms with E-state index in [4.69, 9.17) is 0 Å². The second-order valence-electron chi connectivity index (χ2n) is 6.89. The fraction of sp³-hybridized carbons (Fsp3) is 0.350. The van der Waals surface area contributed by atoms with Gasteiger partial charge in [-0.2, -0.15) is 10.2 Å². The minimum atomic E-state index is 0.108. The summed E-state index contributed by atoms with van der Waals surface area (Å²) in [5.41, 5.74) is 5.57. The number of fused-ring (bicyclic) bond motifs is 1. The first kappa shape index (κ1) is 17.3. The Morgan fingerprint density at radius 1 is 1.26 bits per heavy atom. The summed E-state index contributed by atoms with van der Waals surface area (Å²) < 4.78 is 1.80. The summed E-state index contributed by atoms with van der Waals surface area (Å²) in [6, 6.07) is 8.43. The van der Waals surface area contributed by atoms with E-state index in [2.05, 4.69) is 51.4 Å². The van der Waals surface area contributed by atoms with Gasteiger partial charge in [0.1, 0.15) is 0 Å². The molecule has 7 heteroatoms. The lowest BCUT2D eigenvalue weighted by molar-refractivity contribution is -0.129. The molecular weight excluding hydrogens is 340 g/mol. The monoisotopic (exact) mass is 364 g/mol. The number of anilines is 2. The van der Waals surface area contributed by atoms with Gasteiger partial charge in [-0.05, 0) is 24.6 Å². The smallest absolute Gasteiger partial charge is 0.219 e. The molecule has 27 heavy (non-hydrogen) atoms. The van der Waals surface area contributed by atoms with Crippen molar-refractivity contribution in [1.29, 1.82) is 0 Å². The molecule has 1 aliphatic heterocycles. The molecule has 7 nitrogen and oxygen atoms in total. The van der Waals surface area contributed by atoms with Crippen LogP contribution in [-0.4, -0.2) is 43.9 Å². The summed E-state index contributed by atoms with van der Waals surface area (Å²) in [7, 11) is 1.92. The number of carbonyl (C=O) groups excluding carboxylic acids is 1. The Kier molecular flexibility index (Phi) is 4.43. The predicted molar refractivity (Wildman–Crippen MR) is 105 cm³/mol. The fourth-order valence-corrected chi connectivity index (χ4v) is 3.63. The van der Waals surface area contributed by atoms with Gasteiger partial charge in [-0.3, -0.25) is 14.6 Å². The van der Waals surface area contributed by atoms with Gasteiger partial charge < -0.3 is 9.80 Å². The predicted octanol–water partition coefficient (Wildman–Crippen LogP) is 2.87. The first-order chi connectivity index (χ1) is 13.1. The number of aromatic nitrogens is 4. The molecule has 4 rings (SSSR count). The van der Waals surface area contributed by atoms with Crippen LogP contribution in [0.4, 0.5) is 11.5 Å². The van der Waals surface area contributed by atoms with Crippen molar-refractivity contribution in [3.05, 3.63) is 47.9 Å². The molecule has 0 saturated carbocycles. The third kappa shape index (κ3) is 3.20. The maximum Gasteiger partial charge on any atom is 0.219 e. The molecule has 140 valence electrons. The van der Waals surface area contributed by atoms with Crippen molar-refractivity contribution in [2.45, 2.75) is 26.8 Å². The Balaban J connectivity index is 1.63. The topological polar surface area (TPSA) is 70.1 Å². The van der Waals surface area contributed by atoms with Crippen LogP contribution in [0.15, 0.2) is 36.7 Å². The molecule has 0 saturated heterocycles. The maximum absolute atomic E-state index is 11.8. The second-order valence-corrected chi connectivity index (χ2v) is 6.89. The number of rotatable bonds is 4. The third-order valence-electron chi connectivity index (χ3n) is 5.15. The van der Waals surface area contributed by atoms with E-state index in [0.717, 1.165) is 53.4 Å². The van der Waals surface area contributed by atoms with E-state index in [0.29, 0.717) is 6.54 Å². The van der Waals surface area contributed by atoms with Gasteiger partial charge >= 0.3 is 0 Å². The molecule has 1 N–H and O–H groups in total. The van der Waals surface area contributed by atoms with Gasteiger partial charge in [0.15, 0.2) is 5.82 Å². The van der Waals surface area contributed by atoms with Crippen LogP contribution in [0.1, 0.15) is 25.1 Å². The molecule has 1 aromatic carbocycles. The molecule has 3 heterocycles. The summed E-state index contributed by atoms with van der Waals surface area (Å²) in [5.74, 6) is 1.02. The van der Waals surface area contributed by atoms with Crippen molar-refractivity contribution >= 4 is 17.4 Å². The van der Waals surface area contributed by atoms with Crippen LogP contribution >= 0.6 is 0 Å². The Bertz CT molecular complexity index is 955. The van der Waals surface area contributed by atoms with Gasteiger partial charge in [-0.25, -0.2) is 0 Å². The molecule has 0 unspecified atom stereocenters. The summed E-state index contributed by atoms with van der Waals surface area (Å²) in [5, 5.41) is 12.0. The number of benzene rings is 1. The quantitative estimate of drug-likeness (QED) is 0.773. The molecule has 0 atom stereocenters. The number of aromatic amines is 1. The Hall–Kier alpha value is -3.09. The number of hydrogen-bond donors (Lipinski definition) is 1. The number of aryl methyl sites for hydroxylation is 1. The molecule has 2 aromatic heterocycles. The Labute approximate surface area is 158 Å². The first-order valence-electron chi connectivity index (χ1n) is 9.25. The van der Waals surface area contributed by atoms with Crippen molar-refractivity contribution < 1.29 is 4.79 Å². The zero-order chi connectivity index (χ0) is 19.0. The van der Waals surface area contributed by atoms with Crippen molar-refractivity contribution in [3.8, 4) is 11.1 Å². The molecule has 0 fully saturated rings. The second kappa shape index (κ2) is 6.90. The van der Waals surface area contributed by atoms with E-state index in [-0.39, 0.29) is 5.91 Å². The van der Waals surface area contributed by atoms with E-state index >= 15 is 0 Å². The van der Waals surface area contributed by atoms with Crippen molar-refractivity contribution in [1.82, 2.24) is 24.9 Å². The summed E-state index contributed by atoms with van der Waals surface area (Å²) in [4.78, 5) is 15.9. The van der Waals surface area contributed by atoms with Gasteiger partial charge in [-0.1, -0.05) is 12.1 Å². The van der Waals surface area contributed by atoms with Crippen molar-refractivity contribution in [2.24, 2.45) is 7.05 Å². The number of nitrogens with zero attached hydrogens (tertiary/aromatic N) is 5. The molecule has 1 aliphatic rings. The molecule has 0 radical (unpaired) electrons. The van der Waals surface area contributed by atoms with E-state index in [1.165, 1.54) is 0 Å². The average molecular weight is 364 g/mol. The summed E-state index contributed by atoms with van der Waals surface area (Å²) in [6.45, 7) is 5.89. The summed E-state index contributed by atoms with van der Waals surface area (Å²) >= 11 is 0. The highest BCUT2D eigenvalue weighted by Crippen LogP contribution is 2.32. The highest BCUT2D eigenvalue weighted by atomic mass is 16.2. The fourth-order valence-electron chi connectivity index (χ4n) is 3.63. The minimum Gasteiger partial charge on any atom is -0.338 e. The first-order valence-corrected chi connectivity index (χ1v) is 9.25. The molecule has 1 amide bonds. The average Bonchev–Trinajstić information content (AvgIpc) is 3.29. The van der Waals surface area contributed by atoms with E-state index in [1.54, 1.807) is 11.6 Å². The van der Waals surface area contributed by atoms with Gasteiger partial charge in [0, 0.05) is 62.2 Å².